The predicted octanol–water partition coefficient (Wildman–Crippen LogP) is 5.11. The summed E-state index contributed by atoms with van der Waals surface area (Å²) in [6, 6.07) is 16.0. The van der Waals surface area contributed by atoms with Crippen molar-refractivity contribution in [3.63, 3.8) is 0 Å². The molecule has 2 aromatic rings. The molecule has 4 nitrogen and oxygen atoms in total. The maximum atomic E-state index is 12.4. The molecule has 1 atom stereocenters. The number of benzene rings is 2. The Morgan fingerprint density at radius 2 is 1.71 bits per heavy atom. The largest absolute Gasteiger partial charge is 0.491 e. The van der Waals surface area contributed by atoms with Gasteiger partial charge in [-0.25, -0.2) is 0 Å². The third kappa shape index (κ3) is 6.91. The minimum Gasteiger partial charge on any atom is -0.491 e. The van der Waals surface area contributed by atoms with Crippen molar-refractivity contribution in [2.45, 2.75) is 65.6 Å². The molecule has 0 aliphatic heterocycles. The van der Waals surface area contributed by atoms with Gasteiger partial charge in [-0.1, -0.05) is 44.2 Å². The van der Waals surface area contributed by atoms with E-state index in [1.807, 2.05) is 50.2 Å². The van der Waals surface area contributed by atoms with Crippen LogP contribution in [-0.2, 0) is 11.2 Å². The number of carbonyl (C=O) groups is 1. The van der Waals surface area contributed by atoms with Crippen LogP contribution in [0, 0.1) is 0 Å². The van der Waals surface area contributed by atoms with Crippen LogP contribution in [0.2, 0.25) is 0 Å². The van der Waals surface area contributed by atoms with E-state index in [0.717, 1.165) is 29.9 Å². The van der Waals surface area contributed by atoms with E-state index >= 15 is 0 Å². The second kappa shape index (κ2) is 10.7. The summed E-state index contributed by atoms with van der Waals surface area (Å²) in [5.74, 6) is 1.93. The van der Waals surface area contributed by atoms with Gasteiger partial charge in [-0.3, -0.25) is 4.79 Å². The lowest BCUT2D eigenvalue weighted by molar-refractivity contribution is -0.127. The molecule has 0 aliphatic rings. The fraction of sp³-hybridized carbons (Fsp3) is 0.458. The molecule has 0 unspecified atom stereocenters. The van der Waals surface area contributed by atoms with Crippen molar-refractivity contribution in [3.8, 4) is 11.5 Å². The summed E-state index contributed by atoms with van der Waals surface area (Å²) in [6.07, 6.45) is 1.40. The summed E-state index contributed by atoms with van der Waals surface area (Å²) in [5.41, 5.74) is 2.33. The average molecular weight is 384 g/mol. The molecule has 0 saturated carbocycles. The zero-order chi connectivity index (χ0) is 20.5. The van der Waals surface area contributed by atoms with Crippen LogP contribution in [0.15, 0.2) is 48.5 Å². The van der Waals surface area contributed by atoms with Gasteiger partial charge in [0.15, 0.2) is 6.10 Å². The number of hydrogen-bond donors (Lipinski definition) is 1. The molecule has 152 valence electrons. The first kappa shape index (κ1) is 21.8. The van der Waals surface area contributed by atoms with E-state index in [4.69, 9.17) is 9.47 Å². The van der Waals surface area contributed by atoms with E-state index in [9.17, 15) is 4.79 Å². The molecule has 0 aromatic heterocycles. The van der Waals surface area contributed by atoms with Gasteiger partial charge in [0.2, 0.25) is 0 Å². The molecule has 0 fully saturated rings. The van der Waals surface area contributed by atoms with E-state index in [0.29, 0.717) is 12.5 Å². The van der Waals surface area contributed by atoms with Crippen molar-refractivity contribution in [1.82, 2.24) is 5.32 Å². The van der Waals surface area contributed by atoms with Crippen molar-refractivity contribution < 1.29 is 14.3 Å². The van der Waals surface area contributed by atoms with Crippen LogP contribution in [0.1, 0.15) is 58.1 Å². The quantitative estimate of drug-likeness (QED) is 0.580. The van der Waals surface area contributed by atoms with Gasteiger partial charge in [0.1, 0.15) is 11.5 Å². The summed E-state index contributed by atoms with van der Waals surface area (Å²) in [5, 5.41) is 2.97. The number of rotatable bonds is 10. The summed E-state index contributed by atoms with van der Waals surface area (Å²) in [4.78, 5) is 12.4. The maximum Gasteiger partial charge on any atom is 0.260 e. The third-order valence-electron chi connectivity index (χ3n) is 4.43. The Bertz CT molecular complexity index is 755. The summed E-state index contributed by atoms with van der Waals surface area (Å²) < 4.78 is 11.6. The molecule has 0 aliphatic carbocycles. The number of carbonyl (C=O) groups excluding carboxylic acids is 1. The number of para-hydroxylation sites is 1. The van der Waals surface area contributed by atoms with E-state index in [1.165, 1.54) is 5.56 Å². The monoisotopic (exact) mass is 383 g/mol. The second-order valence-electron chi connectivity index (χ2n) is 7.66. The molecular formula is C24H33NO3. The number of ether oxygens (including phenoxy) is 2. The lowest BCUT2D eigenvalue weighted by Crippen LogP contribution is -2.37. The molecule has 1 amide bonds. The van der Waals surface area contributed by atoms with Gasteiger partial charge in [0.25, 0.3) is 5.91 Å². The minimum atomic E-state index is -0.525. The number of hydrogen-bond acceptors (Lipinski definition) is 3. The van der Waals surface area contributed by atoms with Crippen molar-refractivity contribution in [1.29, 1.82) is 0 Å². The molecule has 0 bridgehead atoms. The number of nitrogens with one attached hydrogen (secondary N) is 1. The predicted molar refractivity (Wildman–Crippen MR) is 114 cm³/mol. The fourth-order valence-electron chi connectivity index (χ4n) is 3.00. The standard InChI is InChI=1S/C24H33NO3/c1-17(2)22-13-6-7-14-23(22)28-19(5)24(26)25-15-9-11-20-10-8-12-21(16-20)27-18(3)4/h6-8,10,12-14,16-19H,9,11,15H2,1-5H3,(H,25,26)/t19-/m1/s1. The maximum absolute atomic E-state index is 12.4. The van der Waals surface area contributed by atoms with Crippen molar-refractivity contribution in [3.05, 3.63) is 59.7 Å². The first-order valence-electron chi connectivity index (χ1n) is 10.2. The highest BCUT2D eigenvalue weighted by Crippen LogP contribution is 2.26. The van der Waals surface area contributed by atoms with Crippen LogP contribution >= 0.6 is 0 Å². The first-order chi connectivity index (χ1) is 13.4. The molecule has 2 aromatic carbocycles. The average Bonchev–Trinajstić information content (AvgIpc) is 2.65. The first-order valence-corrected chi connectivity index (χ1v) is 10.2. The number of aryl methyl sites for hydroxylation is 1. The van der Waals surface area contributed by atoms with Crippen LogP contribution in [0.4, 0.5) is 0 Å². The van der Waals surface area contributed by atoms with Crippen LogP contribution < -0.4 is 14.8 Å². The Kier molecular flexibility index (Phi) is 8.37. The molecule has 4 heteroatoms. The third-order valence-corrected chi connectivity index (χ3v) is 4.43. The van der Waals surface area contributed by atoms with Gasteiger partial charge in [0, 0.05) is 6.54 Å². The van der Waals surface area contributed by atoms with Gasteiger partial charge in [0.05, 0.1) is 6.10 Å². The second-order valence-corrected chi connectivity index (χ2v) is 7.66. The minimum absolute atomic E-state index is 0.0875. The molecular weight excluding hydrogens is 350 g/mol. The van der Waals surface area contributed by atoms with Crippen molar-refractivity contribution in [2.24, 2.45) is 0 Å². The summed E-state index contributed by atoms with van der Waals surface area (Å²) in [7, 11) is 0. The van der Waals surface area contributed by atoms with Crippen LogP contribution in [0.3, 0.4) is 0 Å². The Morgan fingerprint density at radius 3 is 2.43 bits per heavy atom. The molecule has 0 saturated heterocycles. The van der Waals surface area contributed by atoms with Gasteiger partial charge < -0.3 is 14.8 Å². The Labute approximate surface area is 169 Å². The number of amides is 1. The highest BCUT2D eigenvalue weighted by atomic mass is 16.5. The normalized spacial score (nSPS) is 12.1. The molecule has 0 radical (unpaired) electrons. The van der Waals surface area contributed by atoms with Crippen molar-refractivity contribution >= 4 is 5.91 Å². The van der Waals surface area contributed by atoms with Gasteiger partial charge in [-0.05, 0) is 68.9 Å². The van der Waals surface area contributed by atoms with Crippen LogP contribution in [0.5, 0.6) is 11.5 Å². The van der Waals surface area contributed by atoms with E-state index in [1.54, 1.807) is 6.92 Å². The molecule has 0 heterocycles. The Morgan fingerprint density at radius 1 is 0.964 bits per heavy atom. The van der Waals surface area contributed by atoms with Crippen LogP contribution in [0.25, 0.3) is 0 Å². The lowest BCUT2D eigenvalue weighted by atomic mass is 10.0. The van der Waals surface area contributed by atoms with Crippen molar-refractivity contribution in [2.75, 3.05) is 6.54 Å². The zero-order valence-electron chi connectivity index (χ0n) is 17.7. The van der Waals surface area contributed by atoms with Gasteiger partial charge >= 0.3 is 0 Å². The molecule has 28 heavy (non-hydrogen) atoms. The van der Waals surface area contributed by atoms with E-state index in [2.05, 4.69) is 31.3 Å². The molecule has 0 spiro atoms. The Balaban J connectivity index is 1.78. The fourth-order valence-corrected chi connectivity index (χ4v) is 3.00. The Hall–Kier alpha value is -2.49. The smallest absolute Gasteiger partial charge is 0.260 e. The van der Waals surface area contributed by atoms with Gasteiger partial charge in [-0.15, -0.1) is 0 Å². The van der Waals surface area contributed by atoms with Gasteiger partial charge in [-0.2, -0.15) is 0 Å². The summed E-state index contributed by atoms with van der Waals surface area (Å²) >= 11 is 0. The molecule has 2 rings (SSSR count). The SMILES string of the molecule is CC(C)Oc1cccc(CCCNC(=O)[C@@H](C)Oc2ccccc2C(C)C)c1. The highest BCUT2D eigenvalue weighted by molar-refractivity contribution is 5.80. The topological polar surface area (TPSA) is 47.6 Å². The summed E-state index contributed by atoms with van der Waals surface area (Å²) in [6.45, 7) is 10.7. The molecule has 1 N–H and O–H groups in total. The highest BCUT2D eigenvalue weighted by Gasteiger charge is 2.16. The van der Waals surface area contributed by atoms with E-state index in [-0.39, 0.29) is 12.0 Å². The lowest BCUT2D eigenvalue weighted by Gasteiger charge is -2.18. The van der Waals surface area contributed by atoms with Crippen LogP contribution in [-0.4, -0.2) is 24.7 Å². The zero-order valence-corrected chi connectivity index (χ0v) is 17.7. The van der Waals surface area contributed by atoms with E-state index < -0.39 is 6.10 Å².